The Bertz CT molecular complexity index is 804. The zero-order valence-corrected chi connectivity index (χ0v) is 10.1. The van der Waals surface area contributed by atoms with E-state index >= 15 is 0 Å². The van der Waals surface area contributed by atoms with E-state index in [2.05, 4.69) is 15.0 Å². The highest BCUT2D eigenvalue weighted by Crippen LogP contribution is 2.31. The van der Waals surface area contributed by atoms with Crippen molar-refractivity contribution in [1.82, 2.24) is 15.0 Å². The van der Waals surface area contributed by atoms with E-state index in [1.54, 1.807) is 18.2 Å². The van der Waals surface area contributed by atoms with Gasteiger partial charge in [0.1, 0.15) is 17.3 Å². The molecular weight excluding hydrogens is 246 g/mol. The number of aromatic hydroxyl groups is 1. The van der Waals surface area contributed by atoms with E-state index in [4.69, 9.17) is 4.74 Å². The second-order valence-electron chi connectivity index (χ2n) is 4.05. The lowest BCUT2D eigenvalue weighted by molar-refractivity contribution is 0.409. The van der Waals surface area contributed by atoms with E-state index in [-0.39, 0.29) is 11.3 Å². The molecule has 3 N–H and O–H groups in total. The summed E-state index contributed by atoms with van der Waals surface area (Å²) in [7, 11) is 1.52. The van der Waals surface area contributed by atoms with Crippen LogP contribution in [-0.2, 0) is 0 Å². The smallest absolute Gasteiger partial charge is 0.249 e. The lowest BCUT2D eigenvalue weighted by Crippen LogP contribution is -2.01. The van der Waals surface area contributed by atoms with Gasteiger partial charge in [0.2, 0.25) is 5.56 Å². The van der Waals surface area contributed by atoms with E-state index in [0.717, 1.165) is 5.52 Å². The highest BCUT2D eigenvalue weighted by Gasteiger charge is 2.11. The number of rotatable bonds is 2. The number of imidazole rings is 1. The Kier molecular flexibility index (Phi) is 2.49. The molecule has 0 unspecified atom stereocenters. The van der Waals surface area contributed by atoms with Gasteiger partial charge in [-0.05, 0) is 18.2 Å². The standard InChI is InChI=1S/C13H11N3O3/c1-19-10-6-7(17)2-3-8(10)12-14-9-4-5-11(18)15-13(9)16-12/h2-6,17H,1H3,(H2,14,15,16,18). The van der Waals surface area contributed by atoms with Crippen LogP contribution in [0.3, 0.4) is 0 Å². The van der Waals surface area contributed by atoms with Crippen LogP contribution in [0.4, 0.5) is 0 Å². The minimum Gasteiger partial charge on any atom is -0.508 e. The predicted molar refractivity (Wildman–Crippen MR) is 70.4 cm³/mol. The first-order valence-electron chi connectivity index (χ1n) is 5.64. The highest BCUT2D eigenvalue weighted by atomic mass is 16.5. The summed E-state index contributed by atoms with van der Waals surface area (Å²) >= 11 is 0. The maximum Gasteiger partial charge on any atom is 0.249 e. The van der Waals surface area contributed by atoms with Crippen molar-refractivity contribution in [2.75, 3.05) is 7.11 Å². The molecule has 0 saturated heterocycles. The Morgan fingerprint density at radius 1 is 1.21 bits per heavy atom. The normalized spacial score (nSPS) is 10.8. The van der Waals surface area contributed by atoms with Crippen LogP contribution in [0.1, 0.15) is 0 Å². The third-order valence-electron chi connectivity index (χ3n) is 2.82. The third kappa shape index (κ3) is 1.93. The minimum absolute atomic E-state index is 0.116. The highest BCUT2D eigenvalue weighted by molar-refractivity contribution is 5.77. The zero-order chi connectivity index (χ0) is 13.4. The molecule has 0 atom stereocenters. The van der Waals surface area contributed by atoms with Gasteiger partial charge in [-0.15, -0.1) is 0 Å². The van der Waals surface area contributed by atoms with Gasteiger partial charge in [0.05, 0.1) is 18.2 Å². The number of phenols is 1. The molecule has 19 heavy (non-hydrogen) atoms. The van der Waals surface area contributed by atoms with Gasteiger partial charge in [-0.2, -0.15) is 0 Å². The van der Waals surface area contributed by atoms with Crippen molar-refractivity contribution < 1.29 is 9.84 Å². The lowest BCUT2D eigenvalue weighted by atomic mass is 10.2. The molecule has 3 aromatic rings. The van der Waals surface area contributed by atoms with Crippen LogP contribution in [0.15, 0.2) is 35.1 Å². The molecular formula is C13H11N3O3. The summed E-state index contributed by atoms with van der Waals surface area (Å²) in [5.41, 5.74) is 1.71. The Morgan fingerprint density at radius 3 is 2.84 bits per heavy atom. The molecule has 0 saturated carbocycles. The molecule has 0 aliphatic rings. The SMILES string of the molecule is COc1cc(O)ccc1-c1nc2[nH]c(=O)ccc2[nH]1. The zero-order valence-electron chi connectivity index (χ0n) is 10.1. The fraction of sp³-hybridized carbons (Fsp3) is 0.0769. The first-order chi connectivity index (χ1) is 9.17. The van der Waals surface area contributed by atoms with E-state index in [9.17, 15) is 9.90 Å². The summed E-state index contributed by atoms with van der Waals surface area (Å²) in [6.45, 7) is 0. The van der Waals surface area contributed by atoms with Crippen LogP contribution in [0.5, 0.6) is 11.5 Å². The Balaban J connectivity index is 2.21. The van der Waals surface area contributed by atoms with Crippen molar-refractivity contribution >= 4 is 11.2 Å². The van der Waals surface area contributed by atoms with Crippen molar-refractivity contribution in [3.63, 3.8) is 0 Å². The topological polar surface area (TPSA) is 91.0 Å². The molecule has 0 bridgehead atoms. The summed E-state index contributed by atoms with van der Waals surface area (Å²) in [4.78, 5) is 21.3. The third-order valence-corrected chi connectivity index (χ3v) is 2.82. The Hall–Kier alpha value is -2.76. The number of hydrogen-bond acceptors (Lipinski definition) is 4. The lowest BCUT2D eigenvalue weighted by Gasteiger charge is -2.05. The first kappa shape index (κ1) is 11.3. The fourth-order valence-electron chi connectivity index (χ4n) is 1.92. The van der Waals surface area contributed by atoms with Gasteiger partial charge < -0.3 is 19.8 Å². The number of benzene rings is 1. The molecule has 0 spiro atoms. The monoisotopic (exact) mass is 257 g/mol. The van der Waals surface area contributed by atoms with E-state index in [0.29, 0.717) is 22.8 Å². The number of aromatic amines is 2. The average molecular weight is 257 g/mol. The second kappa shape index (κ2) is 4.16. The molecule has 0 radical (unpaired) electrons. The number of nitrogens with zero attached hydrogens (tertiary/aromatic N) is 1. The molecule has 0 aliphatic heterocycles. The van der Waals surface area contributed by atoms with E-state index in [1.165, 1.54) is 19.2 Å². The summed E-state index contributed by atoms with van der Waals surface area (Å²) in [5, 5.41) is 9.43. The van der Waals surface area contributed by atoms with Crippen LogP contribution >= 0.6 is 0 Å². The maximum atomic E-state index is 11.2. The summed E-state index contributed by atoms with van der Waals surface area (Å²) < 4.78 is 5.21. The van der Waals surface area contributed by atoms with Gasteiger partial charge >= 0.3 is 0 Å². The molecule has 2 aromatic heterocycles. The Labute approximate surface area is 107 Å². The number of phenolic OH excluding ortho intramolecular Hbond substituents is 1. The maximum absolute atomic E-state index is 11.2. The summed E-state index contributed by atoms with van der Waals surface area (Å²) in [5.74, 6) is 1.18. The van der Waals surface area contributed by atoms with E-state index < -0.39 is 0 Å². The average Bonchev–Trinajstić information content (AvgIpc) is 2.81. The molecule has 1 aromatic carbocycles. The van der Waals surface area contributed by atoms with Crippen LogP contribution in [-0.4, -0.2) is 27.2 Å². The van der Waals surface area contributed by atoms with Crippen LogP contribution in [0, 0.1) is 0 Å². The molecule has 0 aliphatic carbocycles. The Morgan fingerprint density at radius 2 is 2.05 bits per heavy atom. The van der Waals surface area contributed by atoms with Crippen molar-refractivity contribution in [3.8, 4) is 22.9 Å². The molecule has 3 rings (SSSR count). The number of H-pyrrole nitrogens is 2. The van der Waals surface area contributed by atoms with Crippen molar-refractivity contribution in [1.29, 1.82) is 0 Å². The van der Waals surface area contributed by atoms with Gasteiger partial charge in [-0.1, -0.05) is 0 Å². The summed E-state index contributed by atoms with van der Waals surface area (Å²) in [6.07, 6.45) is 0. The van der Waals surface area contributed by atoms with Gasteiger partial charge in [-0.3, -0.25) is 4.79 Å². The molecule has 6 heteroatoms. The number of fused-ring (bicyclic) bond motifs is 1. The van der Waals surface area contributed by atoms with Crippen LogP contribution < -0.4 is 10.3 Å². The number of ether oxygens (including phenoxy) is 1. The van der Waals surface area contributed by atoms with Crippen molar-refractivity contribution in [2.24, 2.45) is 0 Å². The number of nitrogens with one attached hydrogen (secondary N) is 2. The van der Waals surface area contributed by atoms with Gasteiger partial charge in [0, 0.05) is 12.1 Å². The quantitative estimate of drug-likeness (QED) is 0.650. The minimum atomic E-state index is -0.205. The molecule has 2 heterocycles. The predicted octanol–water partition coefficient (Wildman–Crippen LogP) is 1.63. The number of pyridine rings is 1. The van der Waals surface area contributed by atoms with Crippen LogP contribution in [0.25, 0.3) is 22.6 Å². The first-order valence-corrected chi connectivity index (χ1v) is 5.64. The molecule has 6 nitrogen and oxygen atoms in total. The number of methoxy groups -OCH3 is 1. The number of hydrogen-bond donors (Lipinski definition) is 3. The van der Waals surface area contributed by atoms with E-state index in [1.807, 2.05) is 0 Å². The fourth-order valence-corrected chi connectivity index (χ4v) is 1.92. The van der Waals surface area contributed by atoms with Gasteiger partial charge in [-0.25, -0.2) is 4.98 Å². The van der Waals surface area contributed by atoms with Crippen LogP contribution in [0.2, 0.25) is 0 Å². The molecule has 0 amide bonds. The van der Waals surface area contributed by atoms with Gasteiger partial charge in [0.15, 0.2) is 5.65 Å². The van der Waals surface area contributed by atoms with Crippen molar-refractivity contribution in [2.45, 2.75) is 0 Å². The second-order valence-corrected chi connectivity index (χ2v) is 4.05. The van der Waals surface area contributed by atoms with Gasteiger partial charge in [0.25, 0.3) is 0 Å². The van der Waals surface area contributed by atoms with Crippen molar-refractivity contribution in [3.05, 3.63) is 40.7 Å². The molecule has 96 valence electrons. The largest absolute Gasteiger partial charge is 0.508 e. The molecule has 0 fully saturated rings. The summed E-state index contributed by atoms with van der Waals surface area (Å²) in [6, 6.07) is 7.85. The number of aromatic nitrogens is 3.